The number of carbonyl (C=O) groups is 2. The molecule has 0 unspecified atom stereocenters. The lowest BCUT2D eigenvalue weighted by Crippen LogP contribution is -2.20. The second kappa shape index (κ2) is 11.2. The molecule has 36 heavy (non-hydrogen) atoms. The van der Waals surface area contributed by atoms with Crippen molar-refractivity contribution in [3.63, 3.8) is 0 Å². The van der Waals surface area contributed by atoms with E-state index in [1.165, 1.54) is 28.8 Å². The van der Waals surface area contributed by atoms with Crippen molar-refractivity contribution in [2.75, 3.05) is 6.61 Å². The van der Waals surface area contributed by atoms with Crippen LogP contribution in [0.4, 0.5) is 4.39 Å². The van der Waals surface area contributed by atoms with Gasteiger partial charge in [-0.25, -0.2) is 9.18 Å². The highest BCUT2D eigenvalue weighted by molar-refractivity contribution is 6.02. The lowest BCUT2D eigenvalue weighted by molar-refractivity contribution is 0.0511. The summed E-state index contributed by atoms with van der Waals surface area (Å²) in [4.78, 5) is 25.9. The van der Waals surface area contributed by atoms with Crippen LogP contribution in [-0.4, -0.2) is 23.1 Å². The van der Waals surface area contributed by atoms with E-state index in [2.05, 4.69) is 0 Å². The highest BCUT2D eigenvalue weighted by Crippen LogP contribution is 2.41. The molecule has 0 aliphatic heterocycles. The number of halogens is 1. The highest BCUT2D eigenvalue weighted by Gasteiger charge is 2.34. The molecule has 0 spiro atoms. The molecule has 0 saturated carbocycles. The zero-order valence-electron chi connectivity index (χ0n) is 19.6. The van der Waals surface area contributed by atoms with Gasteiger partial charge in [0.15, 0.2) is 22.9 Å². The molecule has 4 rings (SSSR count). The van der Waals surface area contributed by atoms with Gasteiger partial charge in [0, 0.05) is 5.69 Å². The number of hydrogen-bond acceptors (Lipinski definition) is 5. The first-order valence-electron chi connectivity index (χ1n) is 11.3. The van der Waals surface area contributed by atoms with Gasteiger partial charge < -0.3 is 19.9 Å². The number of aromatic nitrogens is 1. The average Bonchev–Trinajstić information content (AvgIpc) is 3.22. The van der Waals surface area contributed by atoms with Gasteiger partial charge in [0.05, 0.1) is 6.61 Å². The van der Waals surface area contributed by atoms with Gasteiger partial charge in [-0.3, -0.25) is 9.36 Å². The molecule has 0 radical (unpaired) electrons. The van der Waals surface area contributed by atoms with Crippen LogP contribution in [0, 0.1) is 5.82 Å². The maximum atomic E-state index is 13.7. The van der Waals surface area contributed by atoms with Gasteiger partial charge in [0.1, 0.15) is 19.0 Å². The Morgan fingerprint density at radius 2 is 1.28 bits per heavy atom. The largest absolute Gasteiger partial charge is 0.483 e. The Kier molecular flexibility index (Phi) is 7.65. The summed E-state index contributed by atoms with van der Waals surface area (Å²) in [5.74, 6) is -2.09. The van der Waals surface area contributed by atoms with E-state index >= 15 is 0 Å². The number of esters is 1. The molecule has 1 heterocycles. The standard InChI is InChI=1S/C28H25FN2O5/c1-2-34-28(33)24-26(36-18-20-11-7-4-8-12-20)25(35-17-19-9-5-3-6-10-19)23(27(30)32)31(24)22-15-13-21(29)14-16-22/h3-16H,2,17-18H2,1H3,(H2,30,32). The molecule has 1 aromatic heterocycles. The van der Waals surface area contributed by atoms with Crippen LogP contribution in [0.15, 0.2) is 84.9 Å². The topological polar surface area (TPSA) is 92.8 Å². The second-order valence-electron chi connectivity index (χ2n) is 7.80. The van der Waals surface area contributed by atoms with E-state index < -0.39 is 17.7 Å². The molecule has 0 aliphatic carbocycles. The Morgan fingerprint density at radius 3 is 1.75 bits per heavy atom. The van der Waals surface area contributed by atoms with Gasteiger partial charge in [0.2, 0.25) is 0 Å². The number of carbonyl (C=O) groups excluding carboxylic acids is 2. The van der Waals surface area contributed by atoms with Gasteiger partial charge in [0.25, 0.3) is 5.91 Å². The molecule has 2 N–H and O–H groups in total. The summed E-state index contributed by atoms with van der Waals surface area (Å²) in [6.45, 7) is 1.91. The molecule has 0 aliphatic rings. The lowest BCUT2D eigenvalue weighted by Gasteiger charge is -2.12. The van der Waals surface area contributed by atoms with Crippen LogP contribution >= 0.6 is 0 Å². The summed E-state index contributed by atoms with van der Waals surface area (Å²) in [6.07, 6.45) is 0. The van der Waals surface area contributed by atoms with Crippen LogP contribution in [0.25, 0.3) is 5.69 Å². The number of benzene rings is 3. The molecule has 1 amide bonds. The minimum Gasteiger partial charge on any atom is -0.483 e. The van der Waals surface area contributed by atoms with Crippen LogP contribution in [0.3, 0.4) is 0 Å². The first-order valence-corrected chi connectivity index (χ1v) is 11.3. The summed E-state index contributed by atoms with van der Waals surface area (Å²) in [6, 6.07) is 23.9. The number of rotatable bonds is 10. The molecule has 0 bridgehead atoms. The maximum absolute atomic E-state index is 13.7. The Balaban J connectivity index is 1.90. The third-order valence-electron chi connectivity index (χ3n) is 5.32. The first-order chi connectivity index (χ1) is 17.5. The number of primary amides is 1. The number of amides is 1. The van der Waals surface area contributed by atoms with Gasteiger partial charge >= 0.3 is 5.97 Å². The van der Waals surface area contributed by atoms with Crippen molar-refractivity contribution in [2.24, 2.45) is 5.73 Å². The molecule has 0 atom stereocenters. The quantitative estimate of drug-likeness (QED) is 0.315. The Hall–Kier alpha value is -4.59. The Morgan fingerprint density at radius 1 is 0.778 bits per heavy atom. The summed E-state index contributed by atoms with van der Waals surface area (Å²) < 4.78 is 32.5. The molecule has 4 aromatic rings. The van der Waals surface area contributed by atoms with Gasteiger partial charge in [-0.05, 0) is 42.3 Å². The molecule has 0 saturated heterocycles. The zero-order chi connectivity index (χ0) is 25.5. The van der Waals surface area contributed by atoms with E-state index in [-0.39, 0.29) is 42.7 Å². The maximum Gasteiger partial charge on any atom is 0.359 e. The van der Waals surface area contributed by atoms with Crippen molar-refractivity contribution in [2.45, 2.75) is 20.1 Å². The van der Waals surface area contributed by atoms with Crippen LogP contribution in [-0.2, 0) is 18.0 Å². The van der Waals surface area contributed by atoms with E-state index in [0.29, 0.717) is 5.69 Å². The van der Waals surface area contributed by atoms with Crippen molar-refractivity contribution in [3.05, 3.63) is 113 Å². The van der Waals surface area contributed by atoms with E-state index in [0.717, 1.165) is 11.1 Å². The number of ether oxygens (including phenoxy) is 3. The SMILES string of the molecule is CCOC(=O)c1c(OCc2ccccc2)c(OCc2ccccc2)c(C(N)=O)n1-c1ccc(F)cc1. The summed E-state index contributed by atoms with van der Waals surface area (Å²) in [5, 5.41) is 0. The van der Waals surface area contributed by atoms with E-state index in [1.807, 2.05) is 60.7 Å². The van der Waals surface area contributed by atoms with Crippen LogP contribution < -0.4 is 15.2 Å². The average molecular weight is 489 g/mol. The molecular weight excluding hydrogens is 463 g/mol. The van der Waals surface area contributed by atoms with Gasteiger partial charge in [-0.1, -0.05) is 60.7 Å². The predicted molar refractivity (Wildman–Crippen MR) is 132 cm³/mol. The lowest BCUT2D eigenvalue weighted by atomic mass is 10.2. The highest BCUT2D eigenvalue weighted by atomic mass is 19.1. The second-order valence-corrected chi connectivity index (χ2v) is 7.80. The summed E-state index contributed by atoms with van der Waals surface area (Å²) >= 11 is 0. The van der Waals surface area contributed by atoms with Crippen molar-refractivity contribution >= 4 is 11.9 Å². The van der Waals surface area contributed by atoms with Crippen LogP contribution in [0.2, 0.25) is 0 Å². The minimum absolute atomic E-state index is 0.00494. The number of nitrogens with two attached hydrogens (primary N) is 1. The monoisotopic (exact) mass is 488 g/mol. The smallest absolute Gasteiger partial charge is 0.359 e. The molecule has 184 valence electrons. The summed E-state index contributed by atoms with van der Waals surface area (Å²) in [7, 11) is 0. The van der Waals surface area contributed by atoms with Crippen molar-refractivity contribution < 1.29 is 28.2 Å². The molecule has 8 heteroatoms. The third kappa shape index (κ3) is 5.38. The fourth-order valence-corrected chi connectivity index (χ4v) is 3.71. The summed E-state index contributed by atoms with van der Waals surface area (Å²) in [5.41, 5.74) is 7.56. The van der Waals surface area contributed by atoms with Crippen LogP contribution in [0.5, 0.6) is 11.5 Å². The predicted octanol–water partition coefficient (Wildman–Crippen LogP) is 5.05. The fraction of sp³-hybridized carbons (Fsp3) is 0.143. The van der Waals surface area contributed by atoms with Crippen molar-refractivity contribution in [3.8, 4) is 17.2 Å². The third-order valence-corrected chi connectivity index (χ3v) is 5.32. The van der Waals surface area contributed by atoms with E-state index in [9.17, 15) is 14.0 Å². The zero-order valence-corrected chi connectivity index (χ0v) is 19.6. The van der Waals surface area contributed by atoms with Gasteiger partial charge in [-0.15, -0.1) is 0 Å². The molecule has 3 aromatic carbocycles. The Bertz CT molecular complexity index is 1340. The first kappa shape index (κ1) is 24.5. The van der Waals surface area contributed by atoms with E-state index in [1.54, 1.807) is 6.92 Å². The molecule has 0 fully saturated rings. The number of nitrogens with zero attached hydrogens (tertiary/aromatic N) is 1. The molecular formula is C28H25FN2O5. The molecule has 7 nitrogen and oxygen atoms in total. The number of hydrogen-bond donors (Lipinski definition) is 1. The fourth-order valence-electron chi connectivity index (χ4n) is 3.71. The van der Waals surface area contributed by atoms with Crippen LogP contribution in [0.1, 0.15) is 39.0 Å². The Labute approximate surface area is 207 Å². The van der Waals surface area contributed by atoms with Gasteiger partial charge in [-0.2, -0.15) is 0 Å². The van der Waals surface area contributed by atoms with E-state index in [4.69, 9.17) is 19.9 Å². The van der Waals surface area contributed by atoms with Crippen molar-refractivity contribution in [1.82, 2.24) is 4.57 Å². The normalized spacial score (nSPS) is 10.6. The minimum atomic E-state index is -0.859. The van der Waals surface area contributed by atoms with Crippen molar-refractivity contribution in [1.29, 1.82) is 0 Å².